The van der Waals surface area contributed by atoms with Gasteiger partial charge in [0.2, 0.25) is 0 Å². The molecule has 0 spiro atoms. The number of nitrogens with two attached hydrogens (primary N) is 1. The smallest absolute Gasteiger partial charge is 0.0871 e. The van der Waals surface area contributed by atoms with Crippen LogP contribution in [0, 0.1) is 3.57 Å². The maximum absolute atomic E-state index is 6.26. The van der Waals surface area contributed by atoms with Gasteiger partial charge in [0.1, 0.15) is 0 Å². The van der Waals surface area contributed by atoms with Gasteiger partial charge in [-0.15, -0.1) is 0 Å². The molecule has 1 aromatic heterocycles. The lowest BCUT2D eigenvalue weighted by molar-refractivity contribution is 0.110. The van der Waals surface area contributed by atoms with Gasteiger partial charge in [0.25, 0.3) is 0 Å². The van der Waals surface area contributed by atoms with Crippen molar-refractivity contribution in [3.8, 4) is 0 Å². The molecule has 0 amide bonds. The van der Waals surface area contributed by atoms with E-state index < -0.39 is 0 Å². The lowest BCUT2D eigenvalue weighted by Crippen LogP contribution is -2.14. The molecule has 2 N–H and O–H groups in total. The van der Waals surface area contributed by atoms with Gasteiger partial charge < -0.3 is 10.5 Å². The topological polar surface area (TPSA) is 48.1 Å². The van der Waals surface area contributed by atoms with Crippen LogP contribution in [0.3, 0.4) is 0 Å². The standard InChI is InChI=1S/C12H10BrIN2O/c13-7-1-2-8(14)12-10(7)11(15)6-5-17-4-3-9(6)16-12/h1-2H,3-5H2,(H2,15,16). The minimum atomic E-state index is 0.571. The fourth-order valence-corrected chi connectivity index (χ4v) is 3.23. The van der Waals surface area contributed by atoms with E-state index in [0.717, 1.165) is 48.9 Å². The molecule has 0 radical (unpaired) electrons. The number of nitrogens with zero attached hydrogens (tertiary/aromatic N) is 1. The van der Waals surface area contributed by atoms with Gasteiger partial charge in [-0.25, -0.2) is 0 Å². The van der Waals surface area contributed by atoms with E-state index in [-0.39, 0.29) is 0 Å². The summed E-state index contributed by atoms with van der Waals surface area (Å²) in [5, 5.41) is 1.00. The Labute approximate surface area is 121 Å². The van der Waals surface area contributed by atoms with Gasteiger partial charge in [0.15, 0.2) is 0 Å². The number of anilines is 1. The number of rotatable bonds is 0. The van der Waals surface area contributed by atoms with Crippen molar-refractivity contribution in [3.05, 3.63) is 31.4 Å². The van der Waals surface area contributed by atoms with Crippen LogP contribution in [-0.4, -0.2) is 11.6 Å². The van der Waals surface area contributed by atoms with E-state index >= 15 is 0 Å². The van der Waals surface area contributed by atoms with Gasteiger partial charge in [-0.3, -0.25) is 4.98 Å². The summed E-state index contributed by atoms with van der Waals surface area (Å²) >= 11 is 5.84. The molecule has 3 nitrogen and oxygen atoms in total. The normalized spacial score (nSPS) is 14.9. The van der Waals surface area contributed by atoms with Crippen LogP contribution in [0.1, 0.15) is 11.3 Å². The fraction of sp³-hybridized carbons (Fsp3) is 0.250. The number of fused-ring (bicyclic) bond motifs is 2. The Hall–Kier alpha value is -0.400. The van der Waals surface area contributed by atoms with Crippen molar-refractivity contribution in [1.29, 1.82) is 0 Å². The van der Waals surface area contributed by atoms with Crippen LogP contribution in [0.4, 0.5) is 5.69 Å². The van der Waals surface area contributed by atoms with Crippen molar-refractivity contribution in [1.82, 2.24) is 4.98 Å². The van der Waals surface area contributed by atoms with E-state index in [1.807, 2.05) is 12.1 Å². The molecule has 3 rings (SSSR count). The molecule has 88 valence electrons. The van der Waals surface area contributed by atoms with E-state index in [1.54, 1.807) is 0 Å². The largest absolute Gasteiger partial charge is 0.398 e. The summed E-state index contributed by atoms with van der Waals surface area (Å²) in [5.41, 5.74) is 10.2. The molecule has 0 bridgehead atoms. The van der Waals surface area contributed by atoms with Gasteiger partial charge in [-0.1, -0.05) is 15.9 Å². The average molecular weight is 405 g/mol. The Balaban J connectivity index is 2.44. The monoisotopic (exact) mass is 404 g/mol. The Kier molecular flexibility index (Phi) is 3.00. The second-order valence-electron chi connectivity index (χ2n) is 4.01. The molecular weight excluding hydrogens is 395 g/mol. The van der Waals surface area contributed by atoms with Gasteiger partial charge in [-0.05, 0) is 34.7 Å². The maximum Gasteiger partial charge on any atom is 0.0871 e. The molecule has 5 heteroatoms. The molecule has 0 saturated heterocycles. The number of hydrogen-bond acceptors (Lipinski definition) is 3. The van der Waals surface area contributed by atoms with E-state index in [0.29, 0.717) is 6.61 Å². The number of aromatic nitrogens is 1. The summed E-state index contributed by atoms with van der Waals surface area (Å²) in [6.07, 6.45) is 0.845. The highest BCUT2D eigenvalue weighted by Crippen LogP contribution is 2.35. The highest BCUT2D eigenvalue weighted by Gasteiger charge is 2.19. The number of hydrogen-bond donors (Lipinski definition) is 1. The van der Waals surface area contributed by atoms with Crippen molar-refractivity contribution < 1.29 is 4.74 Å². The molecule has 2 aromatic rings. The molecule has 1 aliphatic heterocycles. The summed E-state index contributed by atoms with van der Waals surface area (Å²) in [4.78, 5) is 4.74. The fourth-order valence-electron chi connectivity index (χ4n) is 2.13. The first-order valence-electron chi connectivity index (χ1n) is 5.31. The Morgan fingerprint density at radius 3 is 3.06 bits per heavy atom. The zero-order valence-electron chi connectivity index (χ0n) is 8.96. The first-order valence-corrected chi connectivity index (χ1v) is 7.18. The molecule has 17 heavy (non-hydrogen) atoms. The summed E-state index contributed by atoms with van der Waals surface area (Å²) in [7, 11) is 0. The lowest BCUT2D eigenvalue weighted by atomic mass is 10.0. The molecule has 2 heterocycles. The van der Waals surface area contributed by atoms with E-state index in [4.69, 9.17) is 15.5 Å². The highest BCUT2D eigenvalue weighted by molar-refractivity contribution is 14.1. The Morgan fingerprint density at radius 2 is 2.24 bits per heavy atom. The van der Waals surface area contributed by atoms with Crippen LogP contribution in [0.25, 0.3) is 10.9 Å². The maximum atomic E-state index is 6.26. The number of pyridine rings is 1. The van der Waals surface area contributed by atoms with Crippen LogP contribution >= 0.6 is 38.5 Å². The second kappa shape index (κ2) is 4.37. The van der Waals surface area contributed by atoms with Gasteiger partial charge >= 0.3 is 0 Å². The molecular formula is C12H10BrIN2O. The third-order valence-corrected chi connectivity index (χ3v) is 4.53. The molecule has 0 saturated carbocycles. The van der Waals surface area contributed by atoms with Crippen molar-refractivity contribution in [3.63, 3.8) is 0 Å². The third-order valence-electron chi connectivity index (χ3n) is 3.00. The predicted octanol–water partition coefficient (Wildman–Crippen LogP) is 3.26. The van der Waals surface area contributed by atoms with Crippen LogP contribution in [0.15, 0.2) is 16.6 Å². The molecule has 0 fully saturated rings. The minimum Gasteiger partial charge on any atom is -0.398 e. The average Bonchev–Trinajstić information content (AvgIpc) is 2.34. The van der Waals surface area contributed by atoms with Crippen molar-refractivity contribution in [2.75, 3.05) is 12.3 Å². The summed E-state index contributed by atoms with van der Waals surface area (Å²) in [6, 6.07) is 4.06. The van der Waals surface area contributed by atoms with Gasteiger partial charge in [0.05, 0.1) is 24.4 Å². The molecule has 1 aromatic carbocycles. The third kappa shape index (κ3) is 1.84. The Bertz CT molecular complexity index is 615. The first kappa shape index (κ1) is 11.7. The van der Waals surface area contributed by atoms with E-state index in [1.165, 1.54) is 0 Å². The van der Waals surface area contributed by atoms with Crippen LogP contribution in [0.5, 0.6) is 0 Å². The number of halogens is 2. The Morgan fingerprint density at radius 1 is 1.41 bits per heavy atom. The van der Waals surface area contributed by atoms with Crippen LogP contribution < -0.4 is 5.73 Å². The second-order valence-corrected chi connectivity index (χ2v) is 6.02. The zero-order chi connectivity index (χ0) is 12.0. The van der Waals surface area contributed by atoms with Crippen molar-refractivity contribution in [2.45, 2.75) is 13.0 Å². The van der Waals surface area contributed by atoms with Crippen LogP contribution in [0.2, 0.25) is 0 Å². The van der Waals surface area contributed by atoms with E-state index in [2.05, 4.69) is 38.5 Å². The molecule has 0 unspecified atom stereocenters. The van der Waals surface area contributed by atoms with Crippen molar-refractivity contribution in [2.24, 2.45) is 0 Å². The number of nitrogen functional groups attached to an aromatic ring is 1. The van der Waals surface area contributed by atoms with Crippen molar-refractivity contribution >= 4 is 55.1 Å². The van der Waals surface area contributed by atoms with Gasteiger partial charge in [-0.2, -0.15) is 0 Å². The highest BCUT2D eigenvalue weighted by atomic mass is 127. The number of benzene rings is 1. The SMILES string of the molecule is Nc1c2c(nc3c(I)ccc(Br)c13)CCOC2. The molecule has 0 aliphatic carbocycles. The zero-order valence-corrected chi connectivity index (χ0v) is 12.7. The molecule has 1 aliphatic rings. The van der Waals surface area contributed by atoms with Crippen LogP contribution in [-0.2, 0) is 17.8 Å². The van der Waals surface area contributed by atoms with Gasteiger partial charge in [0, 0.05) is 31.1 Å². The lowest BCUT2D eigenvalue weighted by Gasteiger charge is -2.19. The number of ether oxygens (including phenoxy) is 1. The molecule has 0 atom stereocenters. The summed E-state index contributed by atoms with van der Waals surface area (Å²) in [6.45, 7) is 1.30. The first-order chi connectivity index (χ1) is 8.18. The minimum absolute atomic E-state index is 0.571. The summed E-state index contributed by atoms with van der Waals surface area (Å²) in [5.74, 6) is 0. The predicted molar refractivity (Wildman–Crippen MR) is 79.9 cm³/mol. The quantitative estimate of drug-likeness (QED) is 0.685. The summed E-state index contributed by atoms with van der Waals surface area (Å²) < 4.78 is 7.58. The van der Waals surface area contributed by atoms with E-state index in [9.17, 15) is 0 Å².